The Kier molecular flexibility index (Phi) is 5.53. The van der Waals surface area contributed by atoms with Crippen LogP contribution in [0.4, 0.5) is 4.39 Å². The van der Waals surface area contributed by atoms with E-state index in [-0.39, 0.29) is 11.7 Å². The van der Waals surface area contributed by atoms with Crippen molar-refractivity contribution in [3.05, 3.63) is 35.6 Å². The van der Waals surface area contributed by atoms with E-state index in [4.69, 9.17) is 0 Å². The van der Waals surface area contributed by atoms with Crippen molar-refractivity contribution in [2.75, 3.05) is 6.54 Å². The van der Waals surface area contributed by atoms with Gasteiger partial charge in [-0.2, -0.15) is 0 Å². The first-order valence-electron chi connectivity index (χ1n) is 7.40. The van der Waals surface area contributed by atoms with Crippen molar-refractivity contribution >= 4 is 5.91 Å². The fourth-order valence-electron chi connectivity index (χ4n) is 2.17. The van der Waals surface area contributed by atoms with Crippen molar-refractivity contribution in [3.8, 4) is 0 Å². The average molecular weight is 278 g/mol. The Balaban J connectivity index is 1.56. The van der Waals surface area contributed by atoms with Crippen LogP contribution in [0.1, 0.15) is 38.2 Å². The molecular formula is C16H23FN2O. The lowest BCUT2D eigenvalue weighted by molar-refractivity contribution is -0.121. The molecule has 1 unspecified atom stereocenters. The van der Waals surface area contributed by atoms with Gasteiger partial charge < -0.3 is 10.6 Å². The van der Waals surface area contributed by atoms with Crippen molar-refractivity contribution < 1.29 is 9.18 Å². The van der Waals surface area contributed by atoms with Gasteiger partial charge in [-0.25, -0.2) is 4.39 Å². The summed E-state index contributed by atoms with van der Waals surface area (Å²) < 4.78 is 12.8. The van der Waals surface area contributed by atoms with Crippen LogP contribution in [0.3, 0.4) is 0 Å². The van der Waals surface area contributed by atoms with E-state index in [0.29, 0.717) is 18.5 Å². The first-order valence-corrected chi connectivity index (χ1v) is 7.40. The Morgan fingerprint density at radius 1 is 1.35 bits per heavy atom. The lowest BCUT2D eigenvalue weighted by atomic mass is 10.1. The Bertz CT molecular complexity index is 429. The number of amides is 1. The number of benzene rings is 1. The SMILES string of the molecule is CC(Cc1ccc(F)cc1)NCCCC(=O)NC1CC1. The maximum absolute atomic E-state index is 12.8. The zero-order valence-electron chi connectivity index (χ0n) is 12.0. The van der Waals surface area contributed by atoms with Crippen LogP contribution >= 0.6 is 0 Å². The Morgan fingerprint density at radius 2 is 2.05 bits per heavy atom. The molecule has 0 aliphatic heterocycles. The lowest BCUT2D eigenvalue weighted by Crippen LogP contribution is -2.31. The number of hydrogen-bond donors (Lipinski definition) is 2. The standard InChI is InChI=1S/C16H23FN2O/c1-12(11-13-4-6-14(17)7-5-13)18-10-2-3-16(20)19-15-8-9-15/h4-7,12,15,18H,2-3,8-11H2,1H3,(H,19,20). The topological polar surface area (TPSA) is 41.1 Å². The monoisotopic (exact) mass is 278 g/mol. The quantitative estimate of drug-likeness (QED) is 0.717. The zero-order valence-corrected chi connectivity index (χ0v) is 12.0. The Hall–Kier alpha value is -1.42. The van der Waals surface area contributed by atoms with Crippen LogP contribution in [0.5, 0.6) is 0 Å². The molecule has 1 amide bonds. The highest BCUT2D eigenvalue weighted by Crippen LogP contribution is 2.18. The summed E-state index contributed by atoms with van der Waals surface area (Å²) in [6.45, 7) is 2.94. The molecule has 1 atom stereocenters. The number of halogens is 1. The predicted molar refractivity (Wildman–Crippen MR) is 78.0 cm³/mol. The van der Waals surface area contributed by atoms with E-state index in [2.05, 4.69) is 17.6 Å². The molecule has 110 valence electrons. The molecule has 0 bridgehead atoms. The van der Waals surface area contributed by atoms with Crippen LogP contribution in [-0.4, -0.2) is 24.5 Å². The molecule has 3 nitrogen and oxygen atoms in total. The van der Waals surface area contributed by atoms with E-state index < -0.39 is 0 Å². The van der Waals surface area contributed by atoms with Gasteiger partial charge in [0.15, 0.2) is 0 Å². The molecule has 20 heavy (non-hydrogen) atoms. The van der Waals surface area contributed by atoms with Gasteiger partial charge in [0.25, 0.3) is 0 Å². The number of nitrogens with one attached hydrogen (secondary N) is 2. The third kappa shape index (κ3) is 5.70. The minimum Gasteiger partial charge on any atom is -0.353 e. The minimum atomic E-state index is -0.198. The second kappa shape index (κ2) is 7.39. The third-order valence-electron chi connectivity index (χ3n) is 3.47. The molecule has 1 fully saturated rings. The molecule has 2 rings (SSSR count). The first-order chi connectivity index (χ1) is 9.63. The van der Waals surface area contributed by atoms with Gasteiger partial charge in [0.1, 0.15) is 5.82 Å². The van der Waals surface area contributed by atoms with E-state index in [9.17, 15) is 9.18 Å². The van der Waals surface area contributed by atoms with Gasteiger partial charge in [0.2, 0.25) is 5.91 Å². The summed E-state index contributed by atoms with van der Waals surface area (Å²) in [5.74, 6) is -0.0310. The molecule has 1 aromatic carbocycles. The van der Waals surface area contributed by atoms with Gasteiger partial charge in [-0.3, -0.25) is 4.79 Å². The predicted octanol–water partition coefficient (Wildman–Crippen LogP) is 2.41. The third-order valence-corrected chi connectivity index (χ3v) is 3.47. The molecule has 0 heterocycles. The van der Waals surface area contributed by atoms with Gasteiger partial charge in [-0.15, -0.1) is 0 Å². The molecule has 0 aromatic heterocycles. The summed E-state index contributed by atoms with van der Waals surface area (Å²) in [6.07, 6.45) is 4.59. The molecule has 1 aliphatic carbocycles. The van der Waals surface area contributed by atoms with E-state index in [1.807, 2.05) is 12.1 Å². The molecule has 0 spiro atoms. The van der Waals surface area contributed by atoms with E-state index in [0.717, 1.165) is 37.8 Å². The van der Waals surface area contributed by atoms with Crippen molar-refractivity contribution in [2.24, 2.45) is 0 Å². The molecule has 0 saturated heterocycles. The fraction of sp³-hybridized carbons (Fsp3) is 0.562. The Morgan fingerprint density at radius 3 is 2.70 bits per heavy atom. The minimum absolute atomic E-state index is 0.167. The largest absolute Gasteiger partial charge is 0.353 e. The van der Waals surface area contributed by atoms with Crippen LogP contribution < -0.4 is 10.6 Å². The summed E-state index contributed by atoms with van der Waals surface area (Å²) in [7, 11) is 0. The highest BCUT2D eigenvalue weighted by molar-refractivity contribution is 5.76. The summed E-state index contributed by atoms with van der Waals surface area (Å²) >= 11 is 0. The zero-order chi connectivity index (χ0) is 14.4. The van der Waals surface area contributed by atoms with Crippen molar-refractivity contribution in [1.29, 1.82) is 0 Å². The number of hydrogen-bond acceptors (Lipinski definition) is 2. The van der Waals surface area contributed by atoms with Crippen molar-refractivity contribution in [1.82, 2.24) is 10.6 Å². The van der Waals surface area contributed by atoms with Gasteiger partial charge in [-0.1, -0.05) is 12.1 Å². The van der Waals surface area contributed by atoms with Crippen LogP contribution in [0.25, 0.3) is 0 Å². The van der Waals surface area contributed by atoms with Gasteiger partial charge in [0.05, 0.1) is 0 Å². The van der Waals surface area contributed by atoms with E-state index in [1.54, 1.807) is 0 Å². The first kappa shape index (κ1) is 15.0. The number of carbonyl (C=O) groups excluding carboxylic acids is 1. The maximum atomic E-state index is 12.8. The summed E-state index contributed by atoms with van der Waals surface area (Å²) in [4.78, 5) is 11.5. The van der Waals surface area contributed by atoms with E-state index in [1.165, 1.54) is 12.1 Å². The second-order valence-electron chi connectivity index (χ2n) is 5.63. The van der Waals surface area contributed by atoms with Crippen LogP contribution in [0.15, 0.2) is 24.3 Å². The molecule has 4 heteroatoms. The molecule has 1 aliphatic rings. The Labute approximate surface area is 120 Å². The maximum Gasteiger partial charge on any atom is 0.220 e. The molecule has 1 saturated carbocycles. The number of rotatable bonds is 8. The van der Waals surface area contributed by atoms with Gasteiger partial charge in [0, 0.05) is 18.5 Å². The molecule has 2 N–H and O–H groups in total. The highest BCUT2D eigenvalue weighted by atomic mass is 19.1. The smallest absolute Gasteiger partial charge is 0.220 e. The average Bonchev–Trinajstić information content (AvgIpc) is 3.21. The van der Waals surface area contributed by atoms with Crippen molar-refractivity contribution in [2.45, 2.75) is 51.1 Å². The second-order valence-corrected chi connectivity index (χ2v) is 5.63. The van der Waals surface area contributed by atoms with Crippen LogP contribution in [0, 0.1) is 5.82 Å². The van der Waals surface area contributed by atoms with Gasteiger partial charge in [-0.05, 0) is 56.8 Å². The summed E-state index contributed by atoms with van der Waals surface area (Å²) in [6, 6.07) is 7.39. The van der Waals surface area contributed by atoms with Crippen molar-refractivity contribution in [3.63, 3.8) is 0 Å². The molecular weight excluding hydrogens is 255 g/mol. The number of carbonyl (C=O) groups is 1. The highest BCUT2D eigenvalue weighted by Gasteiger charge is 2.22. The molecule has 1 aromatic rings. The fourth-order valence-corrected chi connectivity index (χ4v) is 2.17. The normalized spacial score (nSPS) is 15.9. The lowest BCUT2D eigenvalue weighted by Gasteiger charge is -2.13. The molecule has 0 radical (unpaired) electrons. The van der Waals surface area contributed by atoms with Crippen LogP contribution in [0.2, 0.25) is 0 Å². The van der Waals surface area contributed by atoms with Gasteiger partial charge >= 0.3 is 0 Å². The summed E-state index contributed by atoms with van der Waals surface area (Å²) in [5.41, 5.74) is 1.12. The van der Waals surface area contributed by atoms with Crippen LogP contribution in [-0.2, 0) is 11.2 Å². The van der Waals surface area contributed by atoms with E-state index >= 15 is 0 Å². The summed E-state index contributed by atoms with van der Waals surface area (Å²) in [5, 5.41) is 6.38.